The summed E-state index contributed by atoms with van der Waals surface area (Å²) < 4.78 is 4.74. The van der Waals surface area contributed by atoms with Gasteiger partial charge in [0.1, 0.15) is 0 Å². The number of carbonyl (C=O) groups is 2. The predicted octanol–water partition coefficient (Wildman–Crippen LogP) is 2.32. The molecule has 1 rings (SSSR count). The van der Waals surface area contributed by atoms with E-state index in [0.717, 1.165) is 23.3 Å². The fraction of sp³-hybridized carbons (Fsp3) is 0.455. The minimum Gasteiger partial charge on any atom is -0.481 e. The summed E-state index contributed by atoms with van der Waals surface area (Å²) in [5, 5.41) is 8.67. The molecule has 0 spiro atoms. The molecule has 0 heterocycles. The molecule has 0 saturated carbocycles. The first-order chi connectivity index (χ1) is 7.54. The molecule has 0 aromatic heterocycles. The number of carboxylic acid groups (broad SMARTS) is 1. The number of allylic oxidation sites excluding steroid dienone is 2. The molecule has 16 heavy (non-hydrogen) atoms. The van der Waals surface area contributed by atoms with Crippen molar-refractivity contribution in [3.8, 4) is 0 Å². The first kappa shape index (κ1) is 12.8. The van der Waals surface area contributed by atoms with Crippen molar-refractivity contribution >= 4 is 24.2 Å². The Bertz CT molecular complexity index is 346. The largest absolute Gasteiger partial charge is 0.481 e. The first-order valence-electron chi connectivity index (χ1n) is 4.90. The van der Waals surface area contributed by atoms with Gasteiger partial charge in [0, 0.05) is 4.91 Å². The van der Waals surface area contributed by atoms with Crippen LogP contribution in [0.15, 0.2) is 22.6 Å². The van der Waals surface area contributed by atoms with Crippen LogP contribution in [0.2, 0.25) is 0 Å². The lowest BCUT2D eigenvalue weighted by Gasteiger charge is -2.14. The van der Waals surface area contributed by atoms with Gasteiger partial charge >= 0.3 is 5.97 Å². The zero-order valence-electron chi connectivity index (χ0n) is 9.06. The normalized spacial score (nSPS) is 17.4. The van der Waals surface area contributed by atoms with E-state index in [-0.39, 0.29) is 12.9 Å². The topological polar surface area (TPSA) is 63.6 Å². The molecule has 0 aromatic rings. The van der Waals surface area contributed by atoms with E-state index < -0.39 is 11.4 Å². The minimum atomic E-state index is -0.985. The lowest BCUT2D eigenvalue weighted by Crippen LogP contribution is -2.13. The molecule has 4 nitrogen and oxygen atoms in total. The highest BCUT2D eigenvalue weighted by atomic mass is 32.2. The van der Waals surface area contributed by atoms with Crippen LogP contribution in [-0.2, 0) is 14.3 Å². The molecular formula is C11H14O4S. The number of hydrogen-bond donors (Lipinski definition) is 1. The van der Waals surface area contributed by atoms with Crippen LogP contribution in [0, 0.1) is 0 Å². The Balaban J connectivity index is 2.67. The van der Waals surface area contributed by atoms with Gasteiger partial charge in [-0.3, -0.25) is 9.59 Å². The van der Waals surface area contributed by atoms with Crippen molar-refractivity contribution in [3.05, 3.63) is 22.6 Å². The lowest BCUT2D eigenvalue weighted by molar-refractivity contribution is -0.140. The molecule has 1 unspecified atom stereocenters. The van der Waals surface area contributed by atoms with E-state index in [9.17, 15) is 9.59 Å². The van der Waals surface area contributed by atoms with Crippen LogP contribution >= 0.6 is 11.8 Å². The third-order valence-corrected chi connectivity index (χ3v) is 3.72. The monoisotopic (exact) mass is 242 g/mol. The Morgan fingerprint density at radius 2 is 2.38 bits per heavy atom. The number of aliphatic carboxylic acids is 1. The van der Waals surface area contributed by atoms with Crippen LogP contribution in [-0.4, -0.2) is 23.0 Å². The van der Waals surface area contributed by atoms with Gasteiger partial charge in [-0.1, -0.05) is 23.9 Å². The molecule has 0 bridgehead atoms. The maximum atomic E-state index is 10.6. The second-order valence-electron chi connectivity index (χ2n) is 3.59. The second-order valence-corrected chi connectivity index (χ2v) is 4.76. The van der Waals surface area contributed by atoms with Gasteiger partial charge in [-0.2, -0.15) is 0 Å². The van der Waals surface area contributed by atoms with E-state index >= 15 is 0 Å². The number of carbonyl (C=O) groups excluding carboxylic acids is 1. The molecule has 5 heteroatoms. The SMILES string of the molecule is C=C1CCC(C)=C1SC(CC(=O)O)OC=O. The fourth-order valence-corrected chi connectivity index (χ4v) is 2.67. The number of carboxylic acids is 1. The van der Waals surface area contributed by atoms with Crippen molar-refractivity contribution < 1.29 is 19.4 Å². The Labute approximate surface area is 98.4 Å². The summed E-state index contributed by atoms with van der Waals surface area (Å²) in [6.07, 6.45) is 1.64. The average Bonchev–Trinajstić information content (AvgIpc) is 2.49. The summed E-state index contributed by atoms with van der Waals surface area (Å²) in [6.45, 7) is 6.18. The second kappa shape index (κ2) is 5.75. The highest BCUT2D eigenvalue weighted by Gasteiger charge is 2.22. The molecule has 0 aliphatic heterocycles. The van der Waals surface area contributed by atoms with Gasteiger partial charge in [0.25, 0.3) is 6.47 Å². The summed E-state index contributed by atoms with van der Waals surface area (Å²) in [5.41, 5.74) is 1.50. The summed E-state index contributed by atoms with van der Waals surface area (Å²) >= 11 is 1.27. The standard InChI is InChI=1S/C11H14O4S/c1-7-3-4-8(2)11(7)16-10(15-6-12)5-9(13)14/h6,10H,1,3-5H2,2H3,(H,13,14). The van der Waals surface area contributed by atoms with Gasteiger partial charge in [-0.25, -0.2) is 0 Å². The third-order valence-electron chi connectivity index (χ3n) is 2.31. The molecular weight excluding hydrogens is 228 g/mol. The fourth-order valence-electron chi connectivity index (χ4n) is 1.50. The maximum Gasteiger partial charge on any atom is 0.308 e. The van der Waals surface area contributed by atoms with Crippen molar-refractivity contribution in [1.82, 2.24) is 0 Å². The smallest absolute Gasteiger partial charge is 0.308 e. The van der Waals surface area contributed by atoms with Crippen molar-refractivity contribution in [2.24, 2.45) is 0 Å². The molecule has 88 valence electrons. The van der Waals surface area contributed by atoms with E-state index in [0.29, 0.717) is 0 Å². The zero-order chi connectivity index (χ0) is 12.1. The molecule has 1 atom stereocenters. The van der Waals surface area contributed by atoms with E-state index in [1.807, 2.05) is 6.92 Å². The summed E-state index contributed by atoms with van der Waals surface area (Å²) in [4.78, 5) is 21.8. The highest BCUT2D eigenvalue weighted by molar-refractivity contribution is 8.03. The molecule has 0 saturated heterocycles. The highest BCUT2D eigenvalue weighted by Crippen LogP contribution is 2.40. The Morgan fingerprint density at radius 1 is 1.69 bits per heavy atom. The predicted molar refractivity (Wildman–Crippen MR) is 61.9 cm³/mol. The third kappa shape index (κ3) is 3.41. The minimum absolute atomic E-state index is 0.201. The Morgan fingerprint density at radius 3 is 2.81 bits per heavy atom. The molecule has 1 aliphatic carbocycles. The van der Waals surface area contributed by atoms with Crippen molar-refractivity contribution in [1.29, 1.82) is 0 Å². The van der Waals surface area contributed by atoms with E-state index in [1.165, 1.54) is 17.3 Å². The van der Waals surface area contributed by atoms with E-state index in [1.54, 1.807) is 0 Å². The van der Waals surface area contributed by atoms with Gasteiger partial charge in [0.2, 0.25) is 0 Å². The molecule has 0 aromatic carbocycles. The molecule has 1 aliphatic rings. The van der Waals surface area contributed by atoms with Gasteiger partial charge in [-0.15, -0.1) is 0 Å². The molecule has 1 N–H and O–H groups in total. The zero-order valence-corrected chi connectivity index (χ0v) is 9.88. The van der Waals surface area contributed by atoms with Crippen molar-refractivity contribution in [3.63, 3.8) is 0 Å². The van der Waals surface area contributed by atoms with Gasteiger partial charge in [0.15, 0.2) is 5.44 Å². The van der Waals surface area contributed by atoms with Gasteiger partial charge < -0.3 is 9.84 Å². The molecule has 0 amide bonds. The summed E-state index contributed by atoms with van der Waals surface area (Å²) in [5.74, 6) is -0.985. The van der Waals surface area contributed by atoms with Gasteiger partial charge in [0.05, 0.1) is 6.42 Å². The van der Waals surface area contributed by atoms with Gasteiger partial charge in [-0.05, 0) is 25.3 Å². The van der Waals surface area contributed by atoms with Crippen LogP contribution in [0.5, 0.6) is 0 Å². The van der Waals surface area contributed by atoms with E-state index in [4.69, 9.17) is 9.84 Å². The number of hydrogen-bond acceptors (Lipinski definition) is 4. The average molecular weight is 242 g/mol. The Kier molecular flexibility index (Phi) is 4.61. The number of thioether (sulfide) groups is 1. The van der Waals surface area contributed by atoms with Crippen molar-refractivity contribution in [2.75, 3.05) is 0 Å². The number of rotatable bonds is 6. The maximum absolute atomic E-state index is 10.6. The molecule has 0 fully saturated rings. The summed E-state index contributed by atoms with van der Waals surface area (Å²) in [7, 11) is 0. The Hall–Kier alpha value is -1.23. The summed E-state index contributed by atoms with van der Waals surface area (Å²) in [6, 6.07) is 0. The van der Waals surface area contributed by atoms with Crippen LogP contribution < -0.4 is 0 Å². The van der Waals surface area contributed by atoms with Crippen LogP contribution in [0.1, 0.15) is 26.2 Å². The molecule has 0 radical (unpaired) electrons. The lowest BCUT2D eigenvalue weighted by atomic mass is 10.2. The van der Waals surface area contributed by atoms with E-state index in [2.05, 4.69) is 6.58 Å². The van der Waals surface area contributed by atoms with Crippen LogP contribution in [0.3, 0.4) is 0 Å². The van der Waals surface area contributed by atoms with Crippen LogP contribution in [0.25, 0.3) is 0 Å². The quantitative estimate of drug-likeness (QED) is 0.572. The van der Waals surface area contributed by atoms with Crippen molar-refractivity contribution in [2.45, 2.75) is 31.6 Å². The number of ether oxygens (including phenoxy) is 1. The van der Waals surface area contributed by atoms with Crippen LogP contribution in [0.4, 0.5) is 0 Å². The first-order valence-corrected chi connectivity index (χ1v) is 5.78.